The first-order chi connectivity index (χ1) is 9.22. The molecule has 0 radical (unpaired) electrons. The summed E-state index contributed by atoms with van der Waals surface area (Å²) in [6.45, 7) is 5.24. The molecular weight excluding hydrogens is 239 g/mol. The van der Waals surface area contributed by atoms with Crippen molar-refractivity contribution in [3.63, 3.8) is 0 Å². The summed E-state index contributed by atoms with van der Waals surface area (Å²) < 4.78 is 13.3. The van der Waals surface area contributed by atoms with Gasteiger partial charge in [-0.15, -0.1) is 0 Å². The number of benzene rings is 1. The normalized spacial score (nSPS) is 12.4. The fourth-order valence-corrected chi connectivity index (χ4v) is 2.17. The summed E-state index contributed by atoms with van der Waals surface area (Å²) in [5.41, 5.74) is 3.02. The number of nitrogens with one attached hydrogen (secondary N) is 1. The Kier molecular flexibility index (Phi) is 4.63. The number of hydrogen-bond donors (Lipinski definition) is 1. The Labute approximate surface area is 113 Å². The standard InChI is InChI=1S/C16H19FN2/c1-3-8-19-12(2)15-6-4-5-7-16(15)13-9-14(17)11-18-10-13/h4-7,9-12,19H,3,8H2,1-2H3. The predicted octanol–water partition coefficient (Wildman–Crippen LogP) is 3.95. The van der Waals surface area contributed by atoms with Gasteiger partial charge in [-0.2, -0.15) is 0 Å². The third kappa shape index (κ3) is 3.38. The maximum absolute atomic E-state index is 13.3. The van der Waals surface area contributed by atoms with Gasteiger partial charge in [-0.25, -0.2) is 4.39 Å². The minimum Gasteiger partial charge on any atom is -0.310 e. The van der Waals surface area contributed by atoms with Gasteiger partial charge in [0.05, 0.1) is 6.20 Å². The van der Waals surface area contributed by atoms with Gasteiger partial charge in [0.15, 0.2) is 0 Å². The lowest BCUT2D eigenvalue weighted by atomic mass is 9.96. The average molecular weight is 258 g/mol. The van der Waals surface area contributed by atoms with Crippen LogP contribution in [0.1, 0.15) is 31.9 Å². The molecule has 0 aliphatic rings. The van der Waals surface area contributed by atoms with Gasteiger partial charge in [-0.1, -0.05) is 31.2 Å². The minimum absolute atomic E-state index is 0.236. The molecule has 1 atom stereocenters. The Hall–Kier alpha value is -1.74. The fourth-order valence-electron chi connectivity index (χ4n) is 2.17. The van der Waals surface area contributed by atoms with Crippen LogP contribution in [0.5, 0.6) is 0 Å². The van der Waals surface area contributed by atoms with Crippen molar-refractivity contribution >= 4 is 0 Å². The summed E-state index contributed by atoms with van der Waals surface area (Å²) >= 11 is 0. The second-order valence-electron chi connectivity index (χ2n) is 4.65. The van der Waals surface area contributed by atoms with Gasteiger partial charge in [-0.05, 0) is 37.1 Å². The van der Waals surface area contributed by atoms with Crippen LogP contribution in [0.4, 0.5) is 4.39 Å². The van der Waals surface area contributed by atoms with Crippen LogP contribution < -0.4 is 5.32 Å². The molecule has 2 rings (SSSR count). The van der Waals surface area contributed by atoms with Crippen LogP contribution in [-0.2, 0) is 0 Å². The second kappa shape index (κ2) is 6.43. The van der Waals surface area contributed by atoms with Gasteiger partial charge in [0.25, 0.3) is 0 Å². The molecule has 0 bridgehead atoms. The summed E-state index contributed by atoms with van der Waals surface area (Å²) in [5.74, 6) is -0.304. The van der Waals surface area contributed by atoms with Crippen LogP contribution in [0.3, 0.4) is 0 Å². The highest BCUT2D eigenvalue weighted by Gasteiger charge is 2.11. The summed E-state index contributed by atoms with van der Waals surface area (Å²) in [6.07, 6.45) is 4.02. The van der Waals surface area contributed by atoms with Gasteiger partial charge in [0, 0.05) is 17.8 Å². The zero-order valence-corrected chi connectivity index (χ0v) is 11.4. The van der Waals surface area contributed by atoms with Crippen LogP contribution in [0, 0.1) is 5.82 Å². The lowest BCUT2D eigenvalue weighted by molar-refractivity contribution is 0.571. The number of pyridine rings is 1. The molecule has 0 saturated heterocycles. The Morgan fingerprint density at radius 1 is 1.26 bits per heavy atom. The molecule has 0 aliphatic carbocycles. The maximum Gasteiger partial charge on any atom is 0.142 e. The molecule has 2 nitrogen and oxygen atoms in total. The van der Waals surface area contributed by atoms with Crippen molar-refractivity contribution in [1.29, 1.82) is 0 Å². The smallest absolute Gasteiger partial charge is 0.142 e. The van der Waals surface area contributed by atoms with Crippen molar-refractivity contribution in [1.82, 2.24) is 10.3 Å². The molecule has 0 spiro atoms. The fraction of sp³-hybridized carbons (Fsp3) is 0.312. The van der Waals surface area contributed by atoms with E-state index in [9.17, 15) is 4.39 Å². The highest BCUT2D eigenvalue weighted by Crippen LogP contribution is 2.27. The Morgan fingerprint density at radius 3 is 2.79 bits per heavy atom. The predicted molar refractivity (Wildman–Crippen MR) is 76.3 cm³/mol. The van der Waals surface area contributed by atoms with Gasteiger partial charge in [0.2, 0.25) is 0 Å². The molecule has 1 aromatic carbocycles. The number of hydrogen-bond acceptors (Lipinski definition) is 2. The van der Waals surface area contributed by atoms with Crippen LogP contribution in [-0.4, -0.2) is 11.5 Å². The van der Waals surface area contributed by atoms with Gasteiger partial charge < -0.3 is 5.32 Å². The second-order valence-corrected chi connectivity index (χ2v) is 4.65. The van der Waals surface area contributed by atoms with Gasteiger partial charge in [0.1, 0.15) is 5.82 Å². The average Bonchev–Trinajstić information content (AvgIpc) is 2.45. The van der Waals surface area contributed by atoms with E-state index in [0.29, 0.717) is 0 Å². The van der Waals surface area contributed by atoms with E-state index in [1.54, 1.807) is 6.20 Å². The Bertz CT molecular complexity index is 540. The van der Waals surface area contributed by atoms with Crippen LogP contribution in [0.2, 0.25) is 0 Å². The molecule has 3 heteroatoms. The van der Waals surface area contributed by atoms with E-state index in [4.69, 9.17) is 0 Å². The highest BCUT2D eigenvalue weighted by atomic mass is 19.1. The molecule has 1 heterocycles. The molecule has 1 unspecified atom stereocenters. The molecule has 100 valence electrons. The Balaban J connectivity index is 2.35. The number of nitrogens with zero attached hydrogens (tertiary/aromatic N) is 1. The van der Waals surface area contributed by atoms with E-state index in [1.165, 1.54) is 17.8 Å². The van der Waals surface area contributed by atoms with Crippen molar-refractivity contribution < 1.29 is 4.39 Å². The first kappa shape index (κ1) is 13.7. The number of aromatic nitrogens is 1. The van der Waals surface area contributed by atoms with Crippen molar-refractivity contribution in [2.75, 3.05) is 6.54 Å². The maximum atomic E-state index is 13.3. The molecule has 1 aromatic heterocycles. The quantitative estimate of drug-likeness (QED) is 0.878. The summed E-state index contributed by atoms with van der Waals surface area (Å²) in [6, 6.07) is 9.83. The molecular formula is C16H19FN2. The third-order valence-electron chi connectivity index (χ3n) is 3.14. The minimum atomic E-state index is -0.304. The summed E-state index contributed by atoms with van der Waals surface area (Å²) in [7, 11) is 0. The summed E-state index contributed by atoms with van der Waals surface area (Å²) in [4.78, 5) is 3.93. The molecule has 0 amide bonds. The van der Waals surface area contributed by atoms with Crippen LogP contribution in [0.25, 0.3) is 11.1 Å². The van der Waals surface area contributed by atoms with Crippen molar-refractivity contribution in [3.8, 4) is 11.1 Å². The highest BCUT2D eigenvalue weighted by molar-refractivity contribution is 5.67. The lowest BCUT2D eigenvalue weighted by Gasteiger charge is -2.17. The molecule has 0 saturated carbocycles. The first-order valence-electron chi connectivity index (χ1n) is 6.65. The molecule has 19 heavy (non-hydrogen) atoms. The monoisotopic (exact) mass is 258 g/mol. The molecule has 1 N–H and O–H groups in total. The molecule has 2 aromatic rings. The van der Waals surface area contributed by atoms with Crippen LogP contribution in [0.15, 0.2) is 42.7 Å². The van der Waals surface area contributed by atoms with Gasteiger partial charge in [-0.3, -0.25) is 4.98 Å². The van der Waals surface area contributed by atoms with E-state index in [2.05, 4.69) is 30.2 Å². The zero-order chi connectivity index (χ0) is 13.7. The lowest BCUT2D eigenvalue weighted by Crippen LogP contribution is -2.19. The van der Waals surface area contributed by atoms with Gasteiger partial charge >= 0.3 is 0 Å². The van der Waals surface area contributed by atoms with E-state index in [1.807, 2.05) is 18.2 Å². The van der Waals surface area contributed by atoms with E-state index in [0.717, 1.165) is 24.1 Å². The molecule has 0 fully saturated rings. The molecule has 0 aliphatic heterocycles. The van der Waals surface area contributed by atoms with E-state index < -0.39 is 0 Å². The largest absolute Gasteiger partial charge is 0.310 e. The van der Waals surface area contributed by atoms with Crippen molar-refractivity contribution in [3.05, 3.63) is 54.1 Å². The number of rotatable bonds is 5. The van der Waals surface area contributed by atoms with E-state index >= 15 is 0 Å². The zero-order valence-electron chi connectivity index (χ0n) is 11.4. The van der Waals surface area contributed by atoms with Crippen molar-refractivity contribution in [2.24, 2.45) is 0 Å². The first-order valence-corrected chi connectivity index (χ1v) is 6.65. The van der Waals surface area contributed by atoms with E-state index in [-0.39, 0.29) is 11.9 Å². The van der Waals surface area contributed by atoms with Crippen molar-refractivity contribution in [2.45, 2.75) is 26.3 Å². The third-order valence-corrected chi connectivity index (χ3v) is 3.14. The van der Waals surface area contributed by atoms with Crippen LogP contribution >= 0.6 is 0 Å². The Morgan fingerprint density at radius 2 is 2.05 bits per heavy atom. The number of halogens is 1. The SMILES string of the molecule is CCCNC(C)c1ccccc1-c1cncc(F)c1. The topological polar surface area (TPSA) is 24.9 Å². The summed E-state index contributed by atoms with van der Waals surface area (Å²) in [5, 5.41) is 3.46.